The van der Waals surface area contributed by atoms with Gasteiger partial charge in [0.25, 0.3) is 0 Å². The third kappa shape index (κ3) is 7.17. The summed E-state index contributed by atoms with van der Waals surface area (Å²) >= 11 is 0. The van der Waals surface area contributed by atoms with Gasteiger partial charge >= 0.3 is 6.61 Å². The fraction of sp³-hybridized carbons (Fsp3) is 1.00. The van der Waals surface area contributed by atoms with Gasteiger partial charge in [-0.15, -0.1) is 0 Å². The second-order valence-corrected chi connectivity index (χ2v) is 3.19. The van der Waals surface area contributed by atoms with Gasteiger partial charge in [0.15, 0.2) is 0 Å². The van der Waals surface area contributed by atoms with Crippen LogP contribution in [0.2, 0.25) is 0 Å². The van der Waals surface area contributed by atoms with Gasteiger partial charge in [0.05, 0.1) is 12.2 Å². The van der Waals surface area contributed by atoms with E-state index < -0.39 is 12.7 Å². The molecule has 0 aromatic heterocycles. The highest BCUT2D eigenvalue weighted by atomic mass is 19.3. The summed E-state index contributed by atoms with van der Waals surface area (Å²) in [6.45, 7) is -0.212. The maximum absolute atomic E-state index is 12.0. The van der Waals surface area contributed by atoms with Gasteiger partial charge in [-0.25, -0.2) is 0 Å². The molecule has 0 bridgehead atoms. The molecule has 1 N–H and O–H groups in total. The van der Waals surface area contributed by atoms with Gasteiger partial charge in [-0.1, -0.05) is 0 Å². The van der Waals surface area contributed by atoms with E-state index in [9.17, 15) is 8.78 Å². The highest BCUT2D eigenvalue weighted by molar-refractivity contribution is 4.64. The van der Waals surface area contributed by atoms with Crippen molar-refractivity contribution in [3.63, 3.8) is 0 Å². The van der Waals surface area contributed by atoms with E-state index in [-0.39, 0.29) is 6.10 Å². The van der Waals surface area contributed by atoms with Crippen LogP contribution in [0.3, 0.4) is 0 Å². The number of ether oxygens (including phenoxy) is 2. The van der Waals surface area contributed by atoms with Crippen molar-refractivity contribution >= 4 is 0 Å². The van der Waals surface area contributed by atoms with Crippen LogP contribution in [0.15, 0.2) is 0 Å². The summed E-state index contributed by atoms with van der Waals surface area (Å²) in [5, 5.41) is 2.90. The molecule has 5 heteroatoms. The largest absolute Gasteiger partial charge is 0.382 e. The van der Waals surface area contributed by atoms with Crippen molar-refractivity contribution in [2.45, 2.75) is 38.6 Å². The van der Waals surface area contributed by atoms with E-state index in [2.05, 4.69) is 10.1 Å². The first-order valence-corrected chi connectivity index (χ1v) is 4.71. The Balaban J connectivity index is 3.83. The van der Waals surface area contributed by atoms with E-state index in [1.165, 1.54) is 0 Å². The summed E-state index contributed by atoms with van der Waals surface area (Å²) in [5.74, 6) is 0. The highest BCUT2D eigenvalue weighted by Crippen LogP contribution is 2.12. The molecule has 0 heterocycles. The SMILES string of the molecule is CNCC[C@@H](C[C@H](C)OC)OC(F)F. The van der Waals surface area contributed by atoms with Gasteiger partial charge in [-0.05, 0) is 33.4 Å². The van der Waals surface area contributed by atoms with Crippen molar-refractivity contribution in [1.29, 1.82) is 0 Å². The van der Waals surface area contributed by atoms with E-state index in [4.69, 9.17) is 4.74 Å². The molecule has 0 spiro atoms. The lowest BCUT2D eigenvalue weighted by atomic mass is 10.1. The summed E-state index contributed by atoms with van der Waals surface area (Å²) in [5.41, 5.74) is 0. The van der Waals surface area contributed by atoms with Crippen LogP contribution in [0, 0.1) is 0 Å². The topological polar surface area (TPSA) is 30.5 Å². The predicted molar refractivity (Wildman–Crippen MR) is 50.5 cm³/mol. The number of nitrogens with one attached hydrogen (secondary N) is 1. The molecule has 3 nitrogen and oxygen atoms in total. The summed E-state index contributed by atoms with van der Waals surface area (Å²) in [6, 6.07) is 0. The zero-order valence-corrected chi connectivity index (χ0v) is 8.93. The molecule has 0 rings (SSSR count). The number of alkyl halides is 2. The number of hydrogen-bond acceptors (Lipinski definition) is 3. The van der Waals surface area contributed by atoms with E-state index in [0.717, 1.165) is 0 Å². The molecule has 0 saturated carbocycles. The molecule has 2 atom stereocenters. The molecule has 86 valence electrons. The Morgan fingerprint density at radius 2 is 2.00 bits per heavy atom. The number of hydrogen-bond donors (Lipinski definition) is 1. The Morgan fingerprint density at radius 3 is 2.43 bits per heavy atom. The number of rotatable bonds is 8. The molecular weight excluding hydrogens is 192 g/mol. The minimum absolute atomic E-state index is 0.0596. The van der Waals surface area contributed by atoms with Crippen molar-refractivity contribution in [3.05, 3.63) is 0 Å². The molecule has 14 heavy (non-hydrogen) atoms. The van der Waals surface area contributed by atoms with Crippen LogP contribution in [0.5, 0.6) is 0 Å². The second kappa shape index (κ2) is 8.08. The lowest BCUT2D eigenvalue weighted by Gasteiger charge is -2.20. The maximum atomic E-state index is 12.0. The van der Waals surface area contributed by atoms with Crippen LogP contribution in [-0.2, 0) is 9.47 Å². The first-order chi connectivity index (χ1) is 6.60. The van der Waals surface area contributed by atoms with Gasteiger partial charge in [0.2, 0.25) is 0 Å². The summed E-state index contributed by atoms with van der Waals surface area (Å²) in [4.78, 5) is 0. The summed E-state index contributed by atoms with van der Waals surface area (Å²) in [7, 11) is 3.33. The quantitative estimate of drug-likeness (QED) is 0.662. The number of methoxy groups -OCH3 is 1. The van der Waals surface area contributed by atoms with Gasteiger partial charge in [-0.2, -0.15) is 8.78 Å². The van der Waals surface area contributed by atoms with Crippen molar-refractivity contribution < 1.29 is 18.3 Å². The molecule has 0 fully saturated rings. The zero-order chi connectivity index (χ0) is 11.0. The third-order valence-corrected chi connectivity index (χ3v) is 2.01. The van der Waals surface area contributed by atoms with E-state index in [1.54, 1.807) is 14.2 Å². The van der Waals surface area contributed by atoms with Crippen LogP contribution >= 0.6 is 0 Å². The average molecular weight is 211 g/mol. The van der Waals surface area contributed by atoms with Crippen LogP contribution in [-0.4, -0.2) is 39.5 Å². The van der Waals surface area contributed by atoms with Gasteiger partial charge in [-0.3, -0.25) is 0 Å². The Morgan fingerprint density at radius 1 is 1.36 bits per heavy atom. The van der Waals surface area contributed by atoms with Crippen molar-refractivity contribution in [1.82, 2.24) is 5.32 Å². The smallest absolute Gasteiger partial charge is 0.345 e. The molecule has 0 unspecified atom stereocenters. The van der Waals surface area contributed by atoms with Crippen LogP contribution in [0.25, 0.3) is 0 Å². The second-order valence-electron chi connectivity index (χ2n) is 3.19. The predicted octanol–water partition coefficient (Wildman–Crippen LogP) is 1.63. The summed E-state index contributed by atoms with van der Waals surface area (Å²) in [6.07, 6.45) is 0.546. The van der Waals surface area contributed by atoms with Crippen molar-refractivity contribution in [2.75, 3.05) is 20.7 Å². The van der Waals surface area contributed by atoms with Crippen LogP contribution in [0.1, 0.15) is 19.8 Å². The fourth-order valence-corrected chi connectivity index (χ4v) is 1.16. The fourth-order valence-electron chi connectivity index (χ4n) is 1.16. The van der Waals surface area contributed by atoms with E-state index in [0.29, 0.717) is 19.4 Å². The summed E-state index contributed by atoms with van der Waals surface area (Å²) < 4.78 is 33.4. The van der Waals surface area contributed by atoms with Crippen molar-refractivity contribution in [3.8, 4) is 0 Å². The average Bonchev–Trinajstić information content (AvgIpc) is 2.13. The third-order valence-electron chi connectivity index (χ3n) is 2.01. The monoisotopic (exact) mass is 211 g/mol. The minimum atomic E-state index is -2.71. The van der Waals surface area contributed by atoms with E-state index in [1.807, 2.05) is 6.92 Å². The molecule has 0 radical (unpaired) electrons. The molecule has 0 amide bonds. The molecule has 0 aromatic carbocycles. The molecule has 0 aliphatic heterocycles. The van der Waals surface area contributed by atoms with E-state index >= 15 is 0 Å². The first kappa shape index (κ1) is 13.7. The van der Waals surface area contributed by atoms with Gasteiger partial charge in [0.1, 0.15) is 0 Å². The Labute approximate surface area is 83.8 Å². The Hall–Kier alpha value is -0.260. The van der Waals surface area contributed by atoms with Crippen LogP contribution < -0.4 is 5.32 Å². The Bertz CT molecular complexity index is 136. The van der Waals surface area contributed by atoms with Crippen LogP contribution in [0.4, 0.5) is 8.78 Å². The zero-order valence-electron chi connectivity index (χ0n) is 8.93. The minimum Gasteiger partial charge on any atom is -0.382 e. The first-order valence-electron chi connectivity index (χ1n) is 4.71. The Kier molecular flexibility index (Phi) is 7.93. The lowest BCUT2D eigenvalue weighted by Crippen LogP contribution is -2.26. The normalized spacial score (nSPS) is 15.9. The van der Waals surface area contributed by atoms with Gasteiger partial charge in [0, 0.05) is 7.11 Å². The lowest BCUT2D eigenvalue weighted by molar-refractivity contribution is -0.171. The highest BCUT2D eigenvalue weighted by Gasteiger charge is 2.17. The van der Waals surface area contributed by atoms with Gasteiger partial charge < -0.3 is 14.8 Å². The number of halogens is 2. The molecule has 0 aliphatic carbocycles. The maximum Gasteiger partial charge on any atom is 0.345 e. The molecule has 0 aromatic rings. The molecule has 0 aliphatic rings. The molecular formula is C9H19F2NO2. The van der Waals surface area contributed by atoms with Crippen molar-refractivity contribution in [2.24, 2.45) is 0 Å². The standard InChI is InChI=1S/C9H19F2NO2/c1-7(13-3)6-8(4-5-12-2)14-9(10)11/h7-9,12H,4-6H2,1-3H3/t7-,8-/m0/s1. The molecule has 0 saturated heterocycles.